The number of rotatable bonds is 4. The summed E-state index contributed by atoms with van der Waals surface area (Å²) in [5.41, 5.74) is 0.796. The maximum absolute atomic E-state index is 12.0. The maximum Gasteiger partial charge on any atom is 0.327 e. The predicted molar refractivity (Wildman–Crippen MR) is 71.9 cm³/mol. The molecule has 0 radical (unpaired) electrons. The lowest BCUT2D eigenvalue weighted by Gasteiger charge is -2.26. The SMILES string of the molecule is O=C(O)C(Cc1ccccc1)N1C(=O)CCCCC1=O. The molecule has 1 aromatic rings. The highest BCUT2D eigenvalue weighted by Crippen LogP contribution is 2.18. The molecule has 2 amide bonds. The Morgan fingerprint density at radius 1 is 1.10 bits per heavy atom. The van der Waals surface area contributed by atoms with Gasteiger partial charge in [-0.2, -0.15) is 0 Å². The molecule has 1 aliphatic heterocycles. The number of nitrogens with zero attached hydrogens (tertiary/aromatic N) is 1. The maximum atomic E-state index is 12.0. The van der Waals surface area contributed by atoms with Gasteiger partial charge in [0.15, 0.2) is 0 Å². The first-order valence-electron chi connectivity index (χ1n) is 6.71. The molecule has 0 aliphatic carbocycles. The van der Waals surface area contributed by atoms with Gasteiger partial charge in [-0.3, -0.25) is 14.5 Å². The number of amides is 2. The van der Waals surface area contributed by atoms with E-state index in [4.69, 9.17) is 0 Å². The monoisotopic (exact) mass is 275 g/mol. The molecule has 5 nitrogen and oxygen atoms in total. The third kappa shape index (κ3) is 3.23. The summed E-state index contributed by atoms with van der Waals surface area (Å²) in [7, 11) is 0. The Labute approximate surface area is 117 Å². The second kappa shape index (κ2) is 6.32. The summed E-state index contributed by atoms with van der Waals surface area (Å²) in [4.78, 5) is 36.4. The van der Waals surface area contributed by atoms with Crippen LogP contribution in [0.1, 0.15) is 31.2 Å². The zero-order valence-corrected chi connectivity index (χ0v) is 11.1. The summed E-state index contributed by atoms with van der Waals surface area (Å²) in [6.45, 7) is 0. The van der Waals surface area contributed by atoms with Gasteiger partial charge < -0.3 is 5.11 Å². The number of aliphatic carboxylic acids is 1. The molecule has 1 atom stereocenters. The Balaban J connectivity index is 2.24. The molecule has 2 rings (SSSR count). The summed E-state index contributed by atoms with van der Waals surface area (Å²) in [6.07, 6.45) is 1.90. The molecule has 20 heavy (non-hydrogen) atoms. The van der Waals surface area contributed by atoms with E-state index in [-0.39, 0.29) is 31.1 Å². The first kappa shape index (κ1) is 14.2. The third-order valence-electron chi connectivity index (χ3n) is 3.44. The topological polar surface area (TPSA) is 74.7 Å². The number of benzene rings is 1. The lowest BCUT2D eigenvalue weighted by molar-refractivity contribution is -0.157. The van der Waals surface area contributed by atoms with E-state index in [1.165, 1.54) is 0 Å². The summed E-state index contributed by atoms with van der Waals surface area (Å²) in [5.74, 6) is -1.90. The van der Waals surface area contributed by atoms with E-state index >= 15 is 0 Å². The van der Waals surface area contributed by atoms with Gasteiger partial charge in [-0.25, -0.2) is 4.79 Å². The fourth-order valence-corrected chi connectivity index (χ4v) is 2.41. The molecule has 0 bridgehead atoms. The molecule has 1 unspecified atom stereocenters. The fraction of sp³-hybridized carbons (Fsp3) is 0.400. The van der Waals surface area contributed by atoms with Crippen molar-refractivity contribution in [3.8, 4) is 0 Å². The van der Waals surface area contributed by atoms with Gasteiger partial charge in [0.1, 0.15) is 6.04 Å². The Kier molecular flexibility index (Phi) is 4.50. The van der Waals surface area contributed by atoms with Crippen LogP contribution in [0, 0.1) is 0 Å². The van der Waals surface area contributed by atoms with Crippen molar-refractivity contribution in [2.45, 2.75) is 38.1 Å². The molecule has 1 saturated heterocycles. The van der Waals surface area contributed by atoms with Gasteiger partial charge in [0.2, 0.25) is 11.8 Å². The summed E-state index contributed by atoms with van der Waals surface area (Å²) < 4.78 is 0. The molecule has 1 N–H and O–H groups in total. The molecule has 1 aromatic carbocycles. The predicted octanol–water partition coefficient (Wildman–Crippen LogP) is 1.61. The van der Waals surface area contributed by atoms with Gasteiger partial charge >= 0.3 is 5.97 Å². The lowest BCUT2D eigenvalue weighted by atomic mass is 10.0. The zero-order valence-electron chi connectivity index (χ0n) is 11.1. The standard InChI is InChI=1S/C15H17NO4/c17-13-8-4-5-9-14(18)16(13)12(15(19)20)10-11-6-2-1-3-7-11/h1-3,6-7,12H,4-5,8-10H2,(H,19,20). The molecule has 1 aliphatic rings. The van der Waals surface area contributed by atoms with Gasteiger partial charge in [0.25, 0.3) is 0 Å². The molecule has 1 heterocycles. The van der Waals surface area contributed by atoms with Crippen molar-refractivity contribution in [2.24, 2.45) is 0 Å². The average molecular weight is 275 g/mol. The quantitative estimate of drug-likeness (QED) is 0.847. The second-order valence-corrected chi connectivity index (χ2v) is 4.91. The number of hydrogen-bond acceptors (Lipinski definition) is 3. The van der Waals surface area contributed by atoms with Crippen molar-refractivity contribution in [3.63, 3.8) is 0 Å². The van der Waals surface area contributed by atoms with E-state index in [9.17, 15) is 19.5 Å². The minimum Gasteiger partial charge on any atom is -0.480 e. The number of carboxylic acid groups (broad SMARTS) is 1. The van der Waals surface area contributed by atoms with Crippen LogP contribution < -0.4 is 0 Å². The molecule has 0 aromatic heterocycles. The number of imide groups is 1. The highest BCUT2D eigenvalue weighted by molar-refractivity contribution is 5.99. The molecule has 5 heteroatoms. The molecule has 106 valence electrons. The van der Waals surface area contributed by atoms with Crippen LogP contribution in [0.5, 0.6) is 0 Å². The van der Waals surface area contributed by atoms with E-state index in [1.54, 1.807) is 24.3 Å². The molecule has 1 fully saturated rings. The lowest BCUT2D eigenvalue weighted by Crippen LogP contribution is -2.49. The van der Waals surface area contributed by atoms with E-state index in [0.29, 0.717) is 12.8 Å². The van der Waals surface area contributed by atoms with E-state index in [2.05, 4.69) is 0 Å². The van der Waals surface area contributed by atoms with Gasteiger partial charge in [-0.15, -0.1) is 0 Å². The minimum atomic E-state index is -1.14. The molecular formula is C15H17NO4. The van der Waals surface area contributed by atoms with Crippen LogP contribution in [0.2, 0.25) is 0 Å². The van der Waals surface area contributed by atoms with Crippen LogP contribution >= 0.6 is 0 Å². The summed E-state index contributed by atoms with van der Waals surface area (Å²) in [6, 6.07) is 7.92. The van der Waals surface area contributed by atoms with Gasteiger partial charge in [-0.1, -0.05) is 30.3 Å². The van der Waals surface area contributed by atoms with E-state index in [1.807, 2.05) is 6.07 Å². The number of carboxylic acids is 1. The van der Waals surface area contributed by atoms with E-state index in [0.717, 1.165) is 10.5 Å². The first-order chi connectivity index (χ1) is 9.59. The highest BCUT2D eigenvalue weighted by atomic mass is 16.4. The van der Waals surface area contributed by atoms with Gasteiger partial charge in [0.05, 0.1) is 0 Å². The van der Waals surface area contributed by atoms with Gasteiger partial charge in [-0.05, 0) is 18.4 Å². The van der Waals surface area contributed by atoms with Crippen molar-refractivity contribution >= 4 is 17.8 Å². The smallest absolute Gasteiger partial charge is 0.327 e. The normalized spacial score (nSPS) is 17.7. The van der Waals surface area contributed by atoms with Crippen LogP contribution in [0.4, 0.5) is 0 Å². The highest BCUT2D eigenvalue weighted by Gasteiger charge is 2.35. The zero-order chi connectivity index (χ0) is 14.5. The Morgan fingerprint density at radius 2 is 1.65 bits per heavy atom. The summed E-state index contributed by atoms with van der Waals surface area (Å²) >= 11 is 0. The first-order valence-corrected chi connectivity index (χ1v) is 6.71. The van der Waals surface area contributed by atoms with Crippen molar-refractivity contribution < 1.29 is 19.5 Å². The second-order valence-electron chi connectivity index (χ2n) is 4.91. The summed E-state index contributed by atoms with van der Waals surface area (Å²) in [5, 5.41) is 9.37. The van der Waals surface area contributed by atoms with Crippen LogP contribution in [0.25, 0.3) is 0 Å². The Morgan fingerprint density at radius 3 is 2.15 bits per heavy atom. The largest absolute Gasteiger partial charge is 0.480 e. The van der Waals surface area contributed by atoms with Crippen molar-refractivity contribution in [3.05, 3.63) is 35.9 Å². The Bertz CT molecular complexity index is 494. The number of carbonyl (C=O) groups excluding carboxylic acids is 2. The third-order valence-corrected chi connectivity index (χ3v) is 3.44. The molecule has 0 spiro atoms. The Hall–Kier alpha value is -2.17. The van der Waals surface area contributed by atoms with E-state index < -0.39 is 12.0 Å². The van der Waals surface area contributed by atoms with Crippen molar-refractivity contribution in [1.82, 2.24) is 4.90 Å². The minimum absolute atomic E-state index is 0.146. The van der Waals surface area contributed by atoms with Crippen molar-refractivity contribution in [1.29, 1.82) is 0 Å². The van der Waals surface area contributed by atoms with Crippen LogP contribution in [0.3, 0.4) is 0 Å². The van der Waals surface area contributed by atoms with Crippen LogP contribution in [0.15, 0.2) is 30.3 Å². The van der Waals surface area contributed by atoms with Crippen molar-refractivity contribution in [2.75, 3.05) is 0 Å². The molecular weight excluding hydrogens is 258 g/mol. The number of likely N-dealkylation sites (tertiary alicyclic amines) is 1. The van der Waals surface area contributed by atoms with Crippen LogP contribution in [-0.2, 0) is 20.8 Å². The fourth-order valence-electron chi connectivity index (χ4n) is 2.41. The van der Waals surface area contributed by atoms with Crippen LogP contribution in [-0.4, -0.2) is 33.8 Å². The van der Waals surface area contributed by atoms with Gasteiger partial charge in [0, 0.05) is 19.3 Å². The molecule has 0 saturated carbocycles. The average Bonchev–Trinajstić information content (AvgIpc) is 2.59. The number of carbonyl (C=O) groups is 3. The number of hydrogen-bond donors (Lipinski definition) is 1.